The van der Waals surface area contributed by atoms with E-state index in [0.717, 1.165) is 11.5 Å². The SMILES string of the molecule is CCOC(CCSCC(C)CO)C(=O)O. The second-order valence-corrected chi connectivity index (χ2v) is 4.58. The van der Waals surface area contributed by atoms with Gasteiger partial charge in [-0.25, -0.2) is 4.79 Å². The summed E-state index contributed by atoms with van der Waals surface area (Å²) < 4.78 is 5.07. The van der Waals surface area contributed by atoms with Crippen LogP contribution in [0.4, 0.5) is 0 Å². The van der Waals surface area contributed by atoms with E-state index < -0.39 is 12.1 Å². The quantitative estimate of drug-likeness (QED) is 0.589. The maximum absolute atomic E-state index is 10.7. The zero-order valence-electron chi connectivity index (χ0n) is 9.31. The van der Waals surface area contributed by atoms with Gasteiger partial charge in [-0.15, -0.1) is 0 Å². The van der Waals surface area contributed by atoms with E-state index in [1.807, 2.05) is 6.92 Å². The summed E-state index contributed by atoms with van der Waals surface area (Å²) in [5.41, 5.74) is 0. The van der Waals surface area contributed by atoms with Crippen LogP contribution in [0.2, 0.25) is 0 Å². The molecular formula is C10H20O4S. The number of thioether (sulfide) groups is 1. The van der Waals surface area contributed by atoms with Crippen molar-refractivity contribution >= 4 is 17.7 Å². The summed E-state index contributed by atoms with van der Waals surface area (Å²) in [5.74, 6) is 0.981. The van der Waals surface area contributed by atoms with Crippen molar-refractivity contribution in [3.8, 4) is 0 Å². The highest BCUT2D eigenvalue weighted by Crippen LogP contribution is 2.11. The maximum atomic E-state index is 10.7. The van der Waals surface area contributed by atoms with Crippen molar-refractivity contribution in [3.63, 3.8) is 0 Å². The van der Waals surface area contributed by atoms with Gasteiger partial charge in [-0.2, -0.15) is 11.8 Å². The Morgan fingerprint density at radius 1 is 1.53 bits per heavy atom. The Kier molecular flexibility index (Phi) is 8.85. The Morgan fingerprint density at radius 3 is 2.67 bits per heavy atom. The molecule has 0 radical (unpaired) electrons. The van der Waals surface area contributed by atoms with E-state index in [2.05, 4.69) is 0 Å². The second kappa shape index (κ2) is 9.00. The summed E-state index contributed by atoms with van der Waals surface area (Å²) in [4.78, 5) is 10.7. The van der Waals surface area contributed by atoms with Crippen LogP contribution < -0.4 is 0 Å². The number of aliphatic hydroxyl groups excluding tert-OH is 1. The monoisotopic (exact) mass is 236 g/mol. The maximum Gasteiger partial charge on any atom is 0.332 e. The molecule has 2 atom stereocenters. The Bertz CT molecular complexity index is 175. The lowest BCUT2D eigenvalue weighted by atomic mass is 10.2. The Balaban J connectivity index is 3.58. The molecule has 5 heteroatoms. The van der Waals surface area contributed by atoms with Crippen molar-refractivity contribution in [2.75, 3.05) is 24.7 Å². The number of hydrogen-bond acceptors (Lipinski definition) is 4. The highest BCUT2D eigenvalue weighted by molar-refractivity contribution is 7.99. The van der Waals surface area contributed by atoms with Crippen LogP contribution in [-0.4, -0.2) is 47.0 Å². The van der Waals surface area contributed by atoms with Crippen molar-refractivity contribution in [2.45, 2.75) is 26.4 Å². The molecule has 0 saturated carbocycles. The van der Waals surface area contributed by atoms with Crippen LogP contribution in [-0.2, 0) is 9.53 Å². The number of carboxylic acid groups (broad SMARTS) is 1. The molecular weight excluding hydrogens is 216 g/mol. The molecule has 90 valence electrons. The second-order valence-electron chi connectivity index (χ2n) is 3.43. The average Bonchev–Trinajstić information content (AvgIpc) is 2.21. The number of ether oxygens (including phenoxy) is 1. The first-order valence-electron chi connectivity index (χ1n) is 5.14. The average molecular weight is 236 g/mol. The third-order valence-electron chi connectivity index (χ3n) is 1.88. The smallest absolute Gasteiger partial charge is 0.332 e. The van der Waals surface area contributed by atoms with Gasteiger partial charge in [0.25, 0.3) is 0 Å². The van der Waals surface area contributed by atoms with Crippen molar-refractivity contribution in [1.29, 1.82) is 0 Å². The molecule has 0 aromatic rings. The van der Waals surface area contributed by atoms with Crippen molar-refractivity contribution in [2.24, 2.45) is 5.92 Å². The van der Waals surface area contributed by atoms with Crippen LogP contribution in [0.15, 0.2) is 0 Å². The van der Waals surface area contributed by atoms with Gasteiger partial charge in [-0.3, -0.25) is 0 Å². The number of hydrogen-bond donors (Lipinski definition) is 2. The Morgan fingerprint density at radius 2 is 2.20 bits per heavy atom. The zero-order chi connectivity index (χ0) is 11.7. The fourth-order valence-electron chi connectivity index (χ4n) is 1.01. The van der Waals surface area contributed by atoms with Crippen molar-refractivity contribution in [3.05, 3.63) is 0 Å². The molecule has 0 aliphatic carbocycles. The third kappa shape index (κ3) is 7.64. The van der Waals surface area contributed by atoms with Crippen LogP contribution in [0.25, 0.3) is 0 Å². The van der Waals surface area contributed by atoms with E-state index in [9.17, 15) is 4.79 Å². The summed E-state index contributed by atoms with van der Waals surface area (Å²) >= 11 is 1.65. The van der Waals surface area contributed by atoms with E-state index in [1.165, 1.54) is 0 Å². The molecule has 0 aliphatic heterocycles. The first-order chi connectivity index (χ1) is 7.11. The number of aliphatic hydroxyl groups is 1. The topological polar surface area (TPSA) is 66.8 Å². The van der Waals surface area contributed by atoms with Crippen LogP contribution >= 0.6 is 11.8 Å². The summed E-state index contributed by atoms with van der Waals surface area (Å²) in [7, 11) is 0. The summed E-state index contributed by atoms with van der Waals surface area (Å²) in [6.07, 6.45) is -0.168. The summed E-state index contributed by atoms with van der Waals surface area (Å²) in [6, 6.07) is 0. The van der Waals surface area contributed by atoms with Gasteiger partial charge in [0.2, 0.25) is 0 Å². The highest BCUT2D eigenvalue weighted by Gasteiger charge is 2.16. The predicted octanol–water partition coefficient (Wildman–Crippen LogP) is 1.23. The molecule has 0 fully saturated rings. The van der Waals surface area contributed by atoms with Crippen LogP contribution in [0.3, 0.4) is 0 Å². The molecule has 0 aliphatic rings. The molecule has 0 amide bonds. The van der Waals surface area contributed by atoms with Gasteiger partial charge in [0, 0.05) is 13.2 Å². The first-order valence-corrected chi connectivity index (χ1v) is 6.30. The molecule has 0 aromatic heterocycles. The number of carboxylic acids is 1. The molecule has 2 unspecified atom stereocenters. The van der Waals surface area contributed by atoms with Gasteiger partial charge < -0.3 is 14.9 Å². The lowest BCUT2D eigenvalue weighted by Crippen LogP contribution is -2.24. The zero-order valence-corrected chi connectivity index (χ0v) is 10.1. The minimum atomic E-state index is -0.896. The van der Waals surface area contributed by atoms with E-state index in [4.69, 9.17) is 14.9 Å². The van der Waals surface area contributed by atoms with Gasteiger partial charge in [0.05, 0.1) is 0 Å². The molecule has 0 spiro atoms. The highest BCUT2D eigenvalue weighted by atomic mass is 32.2. The molecule has 0 saturated heterocycles. The number of rotatable bonds is 9. The molecule has 4 nitrogen and oxygen atoms in total. The van der Waals surface area contributed by atoms with Gasteiger partial charge in [0.15, 0.2) is 6.10 Å². The molecule has 0 heterocycles. The molecule has 2 N–H and O–H groups in total. The molecule has 0 rings (SSSR count). The molecule has 0 aromatic carbocycles. The van der Waals surface area contributed by atoms with E-state index in [0.29, 0.717) is 13.0 Å². The molecule has 15 heavy (non-hydrogen) atoms. The summed E-state index contributed by atoms with van der Waals surface area (Å²) in [5, 5.41) is 17.6. The van der Waals surface area contributed by atoms with Crippen LogP contribution in [0.1, 0.15) is 20.3 Å². The largest absolute Gasteiger partial charge is 0.479 e. The van der Waals surface area contributed by atoms with E-state index in [1.54, 1.807) is 18.7 Å². The van der Waals surface area contributed by atoms with Crippen LogP contribution in [0.5, 0.6) is 0 Å². The van der Waals surface area contributed by atoms with Crippen molar-refractivity contribution in [1.82, 2.24) is 0 Å². The van der Waals surface area contributed by atoms with Gasteiger partial charge in [-0.1, -0.05) is 6.92 Å². The van der Waals surface area contributed by atoms with Crippen LogP contribution in [0, 0.1) is 5.92 Å². The fraction of sp³-hybridized carbons (Fsp3) is 0.900. The van der Waals surface area contributed by atoms with Crippen molar-refractivity contribution < 1.29 is 19.7 Å². The van der Waals surface area contributed by atoms with E-state index >= 15 is 0 Å². The standard InChI is InChI=1S/C10H20O4S/c1-3-14-9(10(12)13)4-5-15-7-8(2)6-11/h8-9,11H,3-7H2,1-2H3,(H,12,13). The fourth-order valence-corrected chi connectivity index (χ4v) is 2.06. The molecule has 0 bridgehead atoms. The lowest BCUT2D eigenvalue weighted by Gasteiger charge is -2.12. The van der Waals surface area contributed by atoms with Gasteiger partial charge in [0.1, 0.15) is 0 Å². The van der Waals surface area contributed by atoms with Gasteiger partial charge in [-0.05, 0) is 30.8 Å². The van der Waals surface area contributed by atoms with Gasteiger partial charge >= 0.3 is 5.97 Å². The predicted molar refractivity (Wildman–Crippen MR) is 61.2 cm³/mol. The number of carbonyl (C=O) groups is 1. The first kappa shape index (κ1) is 14.7. The number of aliphatic carboxylic acids is 1. The minimum Gasteiger partial charge on any atom is -0.479 e. The van der Waals surface area contributed by atoms with E-state index in [-0.39, 0.29) is 12.5 Å². The Hall–Kier alpha value is -0.260. The minimum absolute atomic E-state index is 0.181. The summed E-state index contributed by atoms with van der Waals surface area (Å²) in [6.45, 7) is 4.36. The Labute approximate surface area is 95.0 Å². The lowest BCUT2D eigenvalue weighted by molar-refractivity contribution is -0.150. The third-order valence-corrected chi connectivity index (χ3v) is 3.21. The normalized spacial score (nSPS) is 14.9.